The van der Waals surface area contributed by atoms with E-state index < -0.39 is 22.5 Å². The SMILES string of the molecule is CCOC(=O)C1=C(C)N=c2s/c(=C/c3ccccc3OCc3cccc(Cl)c3)c(=O)n2[C@H]1c1ccc(C)c([N+](=O)[O-])c1. The number of rotatable bonds is 8. The summed E-state index contributed by atoms with van der Waals surface area (Å²) in [6.45, 7) is 5.37. The van der Waals surface area contributed by atoms with Gasteiger partial charge in [-0.25, -0.2) is 9.79 Å². The molecule has 0 N–H and O–H groups in total. The van der Waals surface area contributed by atoms with Crippen molar-refractivity contribution in [3.8, 4) is 5.75 Å². The van der Waals surface area contributed by atoms with Crippen molar-refractivity contribution in [1.82, 2.24) is 4.57 Å². The van der Waals surface area contributed by atoms with Crippen LogP contribution < -0.4 is 19.6 Å². The minimum absolute atomic E-state index is 0.113. The van der Waals surface area contributed by atoms with Crippen molar-refractivity contribution in [1.29, 1.82) is 0 Å². The van der Waals surface area contributed by atoms with E-state index >= 15 is 0 Å². The highest BCUT2D eigenvalue weighted by molar-refractivity contribution is 7.07. The molecule has 5 rings (SSSR count). The molecule has 1 aliphatic rings. The molecule has 3 aromatic carbocycles. The number of benzene rings is 3. The fourth-order valence-corrected chi connectivity index (χ4v) is 6.01. The number of carbonyl (C=O) groups excluding carboxylic acids is 1. The van der Waals surface area contributed by atoms with Crippen molar-refractivity contribution in [3.05, 3.63) is 135 Å². The fourth-order valence-electron chi connectivity index (χ4n) is 4.76. The van der Waals surface area contributed by atoms with E-state index in [1.165, 1.54) is 10.6 Å². The predicted octanol–water partition coefficient (Wildman–Crippen LogP) is 5.25. The zero-order valence-corrected chi connectivity index (χ0v) is 24.6. The van der Waals surface area contributed by atoms with Crippen LogP contribution in [0.3, 0.4) is 0 Å². The van der Waals surface area contributed by atoms with Crippen molar-refractivity contribution in [3.63, 3.8) is 0 Å². The van der Waals surface area contributed by atoms with E-state index in [2.05, 4.69) is 4.99 Å². The van der Waals surface area contributed by atoms with Crippen molar-refractivity contribution in [2.75, 3.05) is 6.61 Å². The number of nitro groups is 1. The Hall–Kier alpha value is -4.54. The molecule has 0 unspecified atom stereocenters. The molecule has 1 aromatic heterocycles. The molecule has 0 saturated carbocycles. The highest BCUT2D eigenvalue weighted by atomic mass is 35.5. The fraction of sp³-hybridized carbons (Fsp3) is 0.194. The maximum Gasteiger partial charge on any atom is 0.338 e. The van der Waals surface area contributed by atoms with Gasteiger partial charge in [0.15, 0.2) is 4.80 Å². The van der Waals surface area contributed by atoms with E-state index in [-0.39, 0.29) is 24.5 Å². The second-order valence-corrected chi connectivity index (χ2v) is 11.0. The maximum atomic E-state index is 14.0. The van der Waals surface area contributed by atoms with Gasteiger partial charge in [0.1, 0.15) is 12.4 Å². The van der Waals surface area contributed by atoms with E-state index in [4.69, 9.17) is 21.1 Å². The van der Waals surface area contributed by atoms with Crippen LogP contribution in [0.1, 0.15) is 42.1 Å². The summed E-state index contributed by atoms with van der Waals surface area (Å²) in [5.74, 6) is -0.0709. The summed E-state index contributed by atoms with van der Waals surface area (Å²) >= 11 is 7.27. The summed E-state index contributed by atoms with van der Waals surface area (Å²) in [7, 11) is 0. The number of esters is 1. The summed E-state index contributed by atoms with van der Waals surface area (Å²) in [6.07, 6.45) is 1.72. The van der Waals surface area contributed by atoms with E-state index in [1.54, 1.807) is 45.0 Å². The Morgan fingerprint density at radius 2 is 1.93 bits per heavy atom. The lowest BCUT2D eigenvalue weighted by Gasteiger charge is -2.24. The van der Waals surface area contributed by atoms with E-state index in [0.717, 1.165) is 16.9 Å². The van der Waals surface area contributed by atoms with Gasteiger partial charge in [0.25, 0.3) is 11.2 Å². The highest BCUT2D eigenvalue weighted by Gasteiger charge is 2.34. The zero-order valence-electron chi connectivity index (χ0n) is 23.0. The number of halogens is 1. The number of nitrogens with zero attached hydrogens (tertiary/aromatic N) is 3. The van der Waals surface area contributed by atoms with E-state index in [1.807, 2.05) is 42.5 Å². The standard InChI is InChI=1S/C31H26ClN3O6S/c1-4-40-30(37)27-19(3)33-31-34(28(27)22-13-12-18(2)24(15-22)35(38)39)29(36)26(42-31)16-21-9-5-6-11-25(21)41-17-20-8-7-10-23(32)14-20/h5-16,28H,4,17H2,1-3H3/b26-16+/t28-/m0/s1. The second kappa shape index (κ2) is 12.1. The largest absolute Gasteiger partial charge is 0.488 e. The van der Waals surface area contributed by atoms with Gasteiger partial charge in [-0.3, -0.25) is 19.5 Å². The first-order valence-corrected chi connectivity index (χ1v) is 14.3. The monoisotopic (exact) mass is 603 g/mol. The summed E-state index contributed by atoms with van der Waals surface area (Å²) in [4.78, 5) is 43.3. The average molecular weight is 604 g/mol. The third kappa shape index (κ3) is 5.77. The van der Waals surface area contributed by atoms with Gasteiger partial charge in [-0.1, -0.05) is 65.4 Å². The van der Waals surface area contributed by atoms with Crippen LogP contribution in [0.15, 0.2) is 87.8 Å². The van der Waals surface area contributed by atoms with Crippen molar-refractivity contribution in [2.45, 2.75) is 33.4 Å². The van der Waals surface area contributed by atoms with E-state index in [9.17, 15) is 19.7 Å². The first-order chi connectivity index (χ1) is 20.2. The maximum absolute atomic E-state index is 14.0. The summed E-state index contributed by atoms with van der Waals surface area (Å²) < 4.78 is 13.1. The Balaban J connectivity index is 1.63. The lowest BCUT2D eigenvalue weighted by molar-refractivity contribution is -0.385. The Labute approximate surface area is 249 Å². The molecule has 0 aliphatic carbocycles. The number of hydrogen-bond donors (Lipinski definition) is 0. The Morgan fingerprint density at radius 1 is 1.14 bits per heavy atom. The van der Waals surface area contributed by atoms with Gasteiger partial charge in [0.05, 0.1) is 33.4 Å². The Morgan fingerprint density at radius 3 is 2.67 bits per heavy atom. The molecule has 214 valence electrons. The Bertz CT molecular complexity index is 1930. The normalized spacial score (nSPS) is 14.8. The van der Waals surface area contributed by atoms with Gasteiger partial charge in [0.2, 0.25) is 0 Å². The lowest BCUT2D eigenvalue weighted by atomic mass is 9.94. The molecule has 11 heteroatoms. The lowest BCUT2D eigenvalue weighted by Crippen LogP contribution is -2.40. The molecule has 9 nitrogen and oxygen atoms in total. The second-order valence-electron chi connectivity index (χ2n) is 9.56. The number of aryl methyl sites for hydroxylation is 1. The molecule has 0 radical (unpaired) electrons. The van der Waals surface area contributed by atoms with Gasteiger partial charge in [-0.2, -0.15) is 0 Å². The van der Waals surface area contributed by atoms with Gasteiger partial charge in [-0.15, -0.1) is 0 Å². The summed E-state index contributed by atoms with van der Waals surface area (Å²) in [5, 5.41) is 12.4. The summed E-state index contributed by atoms with van der Waals surface area (Å²) in [6, 6.07) is 18.4. The van der Waals surface area contributed by atoms with Crippen molar-refractivity contribution >= 4 is 40.7 Å². The predicted molar refractivity (Wildman–Crippen MR) is 160 cm³/mol. The molecule has 2 heterocycles. The molecule has 0 bridgehead atoms. The van der Waals surface area contributed by atoms with Crippen molar-refractivity contribution < 1.29 is 19.2 Å². The van der Waals surface area contributed by atoms with Crippen LogP contribution in [-0.4, -0.2) is 22.1 Å². The minimum Gasteiger partial charge on any atom is -0.488 e. The van der Waals surface area contributed by atoms with Crippen LogP contribution in [0.2, 0.25) is 5.02 Å². The van der Waals surface area contributed by atoms with Gasteiger partial charge in [0, 0.05) is 22.2 Å². The molecule has 1 aliphatic heterocycles. The number of ether oxygens (including phenoxy) is 2. The quantitative estimate of drug-likeness (QED) is 0.154. The number of fused-ring (bicyclic) bond motifs is 1. The molecular weight excluding hydrogens is 578 g/mol. The van der Waals surface area contributed by atoms with Crippen LogP contribution in [0.5, 0.6) is 5.75 Å². The van der Waals surface area contributed by atoms with Crippen LogP contribution in [0, 0.1) is 17.0 Å². The molecule has 42 heavy (non-hydrogen) atoms. The first-order valence-electron chi connectivity index (χ1n) is 13.1. The molecule has 1 atom stereocenters. The topological polar surface area (TPSA) is 113 Å². The van der Waals surface area contributed by atoms with Crippen LogP contribution >= 0.6 is 22.9 Å². The number of thiazole rings is 1. The van der Waals surface area contributed by atoms with Crippen LogP contribution in [-0.2, 0) is 16.1 Å². The number of carbonyl (C=O) groups is 1. The molecule has 0 amide bonds. The number of hydrogen-bond acceptors (Lipinski definition) is 8. The number of allylic oxidation sites excluding steroid dienone is 1. The van der Waals surface area contributed by atoms with Gasteiger partial charge in [-0.05, 0) is 56.2 Å². The van der Waals surface area contributed by atoms with Crippen LogP contribution in [0.25, 0.3) is 6.08 Å². The number of para-hydroxylation sites is 1. The van der Waals surface area contributed by atoms with Crippen molar-refractivity contribution in [2.24, 2.45) is 4.99 Å². The molecular formula is C31H26ClN3O6S. The average Bonchev–Trinajstić information content (AvgIpc) is 3.26. The molecule has 0 spiro atoms. The van der Waals surface area contributed by atoms with Crippen LogP contribution in [0.4, 0.5) is 5.69 Å². The molecule has 4 aromatic rings. The van der Waals surface area contributed by atoms with E-state index in [0.29, 0.717) is 42.5 Å². The zero-order chi connectivity index (χ0) is 30.0. The smallest absolute Gasteiger partial charge is 0.338 e. The molecule has 0 fully saturated rings. The third-order valence-electron chi connectivity index (χ3n) is 6.75. The summed E-state index contributed by atoms with van der Waals surface area (Å²) in [5.41, 5.74) is 2.45. The first kappa shape index (κ1) is 29.0. The highest BCUT2D eigenvalue weighted by Crippen LogP contribution is 2.33. The minimum atomic E-state index is -0.962. The Kier molecular flexibility index (Phi) is 8.37. The number of nitro benzene ring substituents is 1. The third-order valence-corrected chi connectivity index (χ3v) is 7.97. The van der Waals surface area contributed by atoms with Gasteiger partial charge >= 0.3 is 5.97 Å². The number of aromatic nitrogens is 1. The molecule has 0 saturated heterocycles. The van der Waals surface area contributed by atoms with Gasteiger partial charge < -0.3 is 9.47 Å².